The molecule has 1 aromatic carbocycles. The van der Waals surface area contributed by atoms with Crippen molar-refractivity contribution in [2.75, 3.05) is 11.9 Å². The third kappa shape index (κ3) is 5.97. The normalized spacial score (nSPS) is 13.3. The average molecular weight is 414 g/mol. The average Bonchev–Trinajstić information content (AvgIpc) is 3.09. The Balaban J connectivity index is 1.47. The lowest BCUT2D eigenvalue weighted by Gasteiger charge is -2.26. The van der Waals surface area contributed by atoms with Gasteiger partial charge in [-0.15, -0.1) is 0 Å². The Morgan fingerprint density at radius 3 is 2.66 bits per heavy atom. The van der Waals surface area contributed by atoms with E-state index < -0.39 is 0 Å². The number of thiazole rings is 1. The van der Waals surface area contributed by atoms with E-state index in [0.717, 1.165) is 17.0 Å². The quantitative estimate of drug-likeness (QED) is 0.662. The van der Waals surface area contributed by atoms with Crippen LogP contribution in [0.5, 0.6) is 0 Å². The molecule has 1 aliphatic heterocycles. The highest BCUT2D eigenvalue weighted by Crippen LogP contribution is 2.29. The molecule has 154 valence electrons. The SMILES string of the molecule is CC(C)CC(=O)N1CCc2nc(NC(=O)CCCC(=O)c3ccccc3)sc2C1. The van der Waals surface area contributed by atoms with E-state index in [0.29, 0.717) is 49.0 Å². The van der Waals surface area contributed by atoms with Gasteiger partial charge in [0.1, 0.15) is 0 Å². The molecule has 0 fully saturated rings. The maximum absolute atomic E-state index is 12.3. The number of carbonyl (C=O) groups excluding carboxylic acids is 3. The van der Waals surface area contributed by atoms with Gasteiger partial charge >= 0.3 is 0 Å². The minimum Gasteiger partial charge on any atom is -0.337 e. The molecule has 0 bridgehead atoms. The molecule has 3 rings (SSSR count). The summed E-state index contributed by atoms with van der Waals surface area (Å²) < 4.78 is 0. The van der Waals surface area contributed by atoms with E-state index in [1.165, 1.54) is 11.3 Å². The van der Waals surface area contributed by atoms with Crippen LogP contribution in [0.4, 0.5) is 5.13 Å². The molecule has 0 atom stereocenters. The number of rotatable bonds is 8. The van der Waals surface area contributed by atoms with Gasteiger partial charge in [0, 0.05) is 42.7 Å². The second kappa shape index (κ2) is 9.78. The number of nitrogens with one attached hydrogen (secondary N) is 1. The van der Waals surface area contributed by atoms with Crippen LogP contribution in [0.3, 0.4) is 0 Å². The standard InChI is InChI=1S/C22H27N3O3S/c1-15(2)13-21(28)25-12-11-17-19(14-25)29-22(23-17)24-20(27)10-6-9-18(26)16-7-4-3-5-8-16/h3-5,7-8,15H,6,9-14H2,1-2H3,(H,23,24,27). The maximum atomic E-state index is 12.3. The fourth-order valence-electron chi connectivity index (χ4n) is 3.30. The Hall–Kier alpha value is -2.54. The Morgan fingerprint density at radius 1 is 1.17 bits per heavy atom. The van der Waals surface area contributed by atoms with Crippen molar-refractivity contribution >= 4 is 34.1 Å². The molecule has 0 radical (unpaired) electrons. The fraction of sp³-hybridized carbons (Fsp3) is 0.455. The van der Waals surface area contributed by atoms with E-state index in [2.05, 4.69) is 10.3 Å². The summed E-state index contributed by atoms with van der Waals surface area (Å²) in [6.45, 7) is 5.33. The molecule has 2 amide bonds. The van der Waals surface area contributed by atoms with Crippen LogP contribution in [0.25, 0.3) is 0 Å². The minimum atomic E-state index is -0.135. The second-order valence-corrected chi connectivity index (χ2v) is 8.83. The molecule has 0 unspecified atom stereocenters. The van der Waals surface area contributed by atoms with Gasteiger partial charge in [-0.1, -0.05) is 55.5 Å². The number of Topliss-reactive ketones (excluding diaryl/α,β-unsaturated/α-hetero) is 1. The topological polar surface area (TPSA) is 79.4 Å². The van der Waals surface area contributed by atoms with E-state index in [1.807, 2.05) is 36.9 Å². The van der Waals surface area contributed by atoms with Crippen LogP contribution in [-0.2, 0) is 22.6 Å². The van der Waals surface area contributed by atoms with Crippen LogP contribution >= 0.6 is 11.3 Å². The lowest BCUT2D eigenvalue weighted by molar-refractivity contribution is -0.132. The van der Waals surface area contributed by atoms with Gasteiger partial charge in [-0.2, -0.15) is 0 Å². The van der Waals surface area contributed by atoms with Crippen molar-refractivity contribution in [1.82, 2.24) is 9.88 Å². The van der Waals surface area contributed by atoms with Gasteiger partial charge in [0.25, 0.3) is 0 Å². The first-order chi connectivity index (χ1) is 13.9. The third-order valence-corrected chi connectivity index (χ3v) is 5.81. The predicted molar refractivity (Wildman–Crippen MR) is 114 cm³/mol. The maximum Gasteiger partial charge on any atom is 0.226 e. The number of carbonyl (C=O) groups is 3. The zero-order valence-electron chi connectivity index (χ0n) is 16.9. The van der Waals surface area contributed by atoms with Crippen LogP contribution < -0.4 is 5.32 Å². The van der Waals surface area contributed by atoms with Crippen molar-refractivity contribution in [3.63, 3.8) is 0 Å². The summed E-state index contributed by atoms with van der Waals surface area (Å²) in [4.78, 5) is 44.0. The van der Waals surface area contributed by atoms with Crippen LogP contribution in [0.2, 0.25) is 0 Å². The number of ketones is 1. The van der Waals surface area contributed by atoms with Crippen LogP contribution in [-0.4, -0.2) is 34.0 Å². The first-order valence-corrected chi connectivity index (χ1v) is 10.9. The van der Waals surface area contributed by atoms with E-state index in [1.54, 1.807) is 12.1 Å². The van der Waals surface area contributed by atoms with E-state index in [4.69, 9.17) is 0 Å². The smallest absolute Gasteiger partial charge is 0.226 e. The van der Waals surface area contributed by atoms with E-state index in [9.17, 15) is 14.4 Å². The summed E-state index contributed by atoms with van der Waals surface area (Å²) in [5.41, 5.74) is 1.65. The zero-order chi connectivity index (χ0) is 20.8. The van der Waals surface area contributed by atoms with Crippen molar-refractivity contribution in [1.29, 1.82) is 0 Å². The molecular formula is C22H27N3O3S. The number of amides is 2. The molecule has 6 nitrogen and oxygen atoms in total. The van der Waals surface area contributed by atoms with Crippen molar-refractivity contribution in [3.8, 4) is 0 Å². The van der Waals surface area contributed by atoms with Crippen LogP contribution in [0.15, 0.2) is 30.3 Å². The highest BCUT2D eigenvalue weighted by atomic mass is 32.1. The van der Waals surface area contributed by atoms with Gasteiger partial charge in [0.2, 0.25) is 11.8 Å². The van der Waals surface area contributed by atoms with E-state index in [-0.39, 0.29) is 24.0 Å². The molecule has 2 aromatic rings. The highest BCUT2D eigenvalue weighted by molar-refractivity contribution is 7.15. The monoisotopic (exact) mass is 413 g/mol. The molecule has 1 aliphatic rings. The van der Waals surface area contributed by atoms with Crippen LogP contribution in [0.1, 0.15) is 60.5 Å². The first-order valence-electron chi connectivity index (χ1n) is 10.1. The summed E-state index contributed by atoms with van der Waals surface area (Å²) in [5.74, 6) is 0.431. The molecule has 0 aliphatic carbocycles. The number of hydrogen-bond acceptors (Lipinski definition) is 5. The second-order valence-electron chi connectivity index (χ2n) is 7.74. The number of anilines is 1. The Labute approximate surface area is 175 Å². The Kier molecular flexibility index (Phi) is 7.14. The molecule has 2 heterocycles. The molecule has 1 aromatic heterocycles. The molecule has 0 saturated heterocycles. The largest absolute Gasteiger partial charge is 0.337 e. The number of hydrogen-bond donors (Lipinski definition) is 1. The number of nitrogens with zero attached hydrogens (tertiary/aromatic N) is 2. The van der Waals surface area contributed by atoms with Gasteiger partial charge in [0.15, 0.2) is 10.9 Å². The van der Waals surface area contributed by atoms with Gasteiger partial charge in [-0.25, -0.2) is 4.98 Å². The summed E-state index contributed by atoms with van der Waals surface area (Å²) in [6, 6.07) is 9.12. The van der Waals surface area contributed by atoms with Gasteiger partial charge in [-0.05, 0) is 12.3 Å². The van der Waals surface area contributed by atoms with Crippen molar-refractivity contribution in [2.24, 2.45) is 5.92 Å². The minimum absolute atomic E-state index is 0.0502. The van der Waals surface area contributed by atoms with E-state index >= 15 is 0 Å². The summed E-state index contributed by atoms with van der Waals surface area (Å²) in [6.07, 6.45) is 2.40. The van der Waals surface area contributed by atoms with Gasteiger partial charge < -0.3 is 10.2 Å². The highest BCUT2D eigenvalue weighted by Gasteiger charge is 2.24. The number of benzene rings is 1. The Morgan fingerprint density at radius 2 is 1.93 bits per heavy atom. The Bertz CT molecular complexity index is 877. The fourth-order valence-corrected chi connectivity index (χ4v) is 4.34. The number of aromatic nitrogens is 1. The van der Waals surface area contributed by atoms with Gasteiger partial charge in [0.05, 0.1) is 12.2 Å². The van der Waals surface area contributed by atoms with Gasteiger partial charge in [-0.3, -0.25) is 14.4 Å². The summed E-state index contributed by atoms with van der Waals surface area (Å²) >= 11 is 1.44. The molecular weight excluding hydrogens is 386 g/mol. The first kappa shape index (κ1) is 21.2. The molecule has 0 spiro atoms. The zero-order valence-corrected chi connectivity index (χ0v) is 17.8. The molecule has 29 heavy (non-hydrogen) atoms. The summed E-state index contributed by atoms with van der Waals surface area (Å²) in [7, 11) is 0. The summed E-state index contributed by atoms with van der Waals surface area (Å²) in [5, 5.41) is 3.42. The molecule has 0 saturated carbocycles. The number of fused-ring (bicyclic) bond motifs is 1. The molecule has 1 N–H and O–H groups in total. The van der Waals surface area contributed by atoms with Crippen LogP contribution in [0, 0.1) is 5.92 Å². The lowest BCUT2D eigenvalue weighted by Crippen LogP contribution is -2.36. The predicted octanol–water partition coefficient (Wildman–Crippen LogP) is 4.07. The van der Waals surface area contributed by atoms with Crippen molar-refractivity contribution in [2.45, 2.75) is 52.5 Å². The molecule has 7 heteroatoms. The third-order valence-electron chi connectivity index (χ3n) is 4.82. The van der Waals surface area contributed by atoms with Crippen molar-refractivity contribution < 1.29 is 14.4 Å². The lowest BCUT2D eigenvalue weighted by atomic mass is 10.1. The van der Waals surface area contributed by atoms with Crippen molar-refractivity contribution in [3.05, 3.63) is 46.5 Å².